The molecule has 4 rings (SSSR count). The molecule has 0 fully saturated rings. The first kappa shape index (κ1) is 18.1. The maximum atomic E-state index is 10.1. The molecule has 6 nitrogen and oxygen atoms in total. The molecule has 0 aliphatic carbocycles. The molecule has 3 heterocycles. The van der Waals surface area contributed by atoms with Gasteiger partial charge in [-0.25, -0.2) is 0 Å². The van der Waals surface area contributed by atoms with Crippen LogP contribution in [0.15, 0.2) is 24.3 Å². The fourth-order valence-electron chi connectivity index (χ4n) is 3.93. The van der Waals surface area contributed by atoms with Crippen LogP contribution in [-0.2, 0) is 19.6 Å². The fourth-order valence-corrected chi connectivity index (χ4v) is 3.93. The third-order valence-electron chi connectivity index (χ3n) is 5.59. The smallest absolute Gasteiger partial charge is 0.119 e. The van der Waals surface area contributed by atoms with Crippen molar-refractivity contribution in [1.29, 1.82) is 0 Å². The number of aryl methyl sites for hydroxylation is 2. The Balaban J connectivity index is 1.57. The lowest BCUT2D eigenvalue weighted by atomic mass is 10.1. The van der Waals surface area contributed by atoms with E-state index >= 15 is 0 Å². The van der Waals surface area contributed by atoms with Crippen molar-refractivity contribution < 1.29 is 9.84 Å². The number of aromatic nitrogens is 3. The highest BCUT2D eigenvalue weighted by molar-refractivity contribution is 5.85. The molecule has 2 N–H and O–H groups in total. The number of H-pyrrole nitrogens is 1. The van der Waals surface area contributed by atoms with Crippen molar-refractivity contribution >= 4 is 10.9 Å². The minimum Gasteiger partial charge on any atom is -0.497 e. The van der Waals surface area contributed by atoms with E-state index in [1.807, 2.05) is 13.0 Å². The Bertz CT molecular complexity index is 943. The number of benzene rings is 1. The molecule has 0 spiro atoms. The first-order valence-corrected chi connectivity index (χ1v) is 9.71. The van der Waals surface area contributed by atoms with Gasteiger partial charge in [-0.05, 0) is 49.6 Å². The second kappa shape index (κ2) is 7.37. The van der Waals surface area contributed by atoms with Crippen molar-refractivity contribution in [1.82, 2.24) is 19.7 Å². The Hall–Kier alpha value is -2.31. The first-order chi connectivity index (χ1) is 13.1. The van der Waals surface area contributed by atoms with Crippen LogP contribution in [-0.4, -0.2) is 38.4 Å². The quantitative estimate of drug-likeness (QED) is 0.723. The van der Waals surface area contributed by atoms with Crippen LogP contribution in [0.5, 0.6) is 5.75 Å². The molecule has 1 aromatic carbocycles. The predicted octanol–water partition coefficient (Wildman–Crippen LogP) is 3.53. The van der Waals surface area contributed by atoms with Crippen LogP contribution in [0.3, 0.4) is 0 Å². The van der Waals surface area contributed by atoms with Gasteiger partial charge in [0.1, 0.15) is 5.75 Å². The second-order valence-corrected chi connectivity index (χ2v) is 7.41. The fraction of sp³-hybridized carbons (Fsp3) is 0.476. The first-order valence-electron chi connectivity index (χ1n) is 9.71. The van der Waals surface area contributed by atoms with Crippen molar-refractivity contribution in [2.45, 2.75) is 52.4 Å². The van der Waals surface area contributed by atoms with Crippen LogP contribution in [0.4, 0.5) is 0 Å². The summed E-state index contributed by atoms with van der Waals surface area (Å²) in [6.45, 7) is 7.82. The number of nitrogens with zero attached hydrogens (tertiary/aromatic N) is 3. The maximum Gasteiger partial charge on any atom is 0.119 e. The lowest BCUT2D eigenvalue weighted by Gasteiger charge is -2.19. The molecular formula is C21H28N4O2. The maximum absolute atomic E-state index is 10.1. The van der Waals surface area contributed by atoms with Crippen LogP contribution >= 0.6 is 0 Å². The molecule has 2 aromatic heterocycles. The van der Waals surface area contributed by atoms with E-state index in [4.69, 9.17) is 4.74 Å². The van der Waals surface area contributed by atoms with Gasteiger partial charge in [0.15, 0.2) is 0 Å². The number of nitrogens with one attached hydrogen (secondary N) is 1. The summed E-state index contributed by atoms with van der Waals surface area (Å²) in [6.07, 6.45) is 1.28. The third-order valence-corrected chi connectivity index (χ3v) is 5.59. The number of rotatable bonds is 5. The summed E-state index contributed by atoms with van der Waals surface area (Å²) in [5, 5.41) is 15.9. The zero-order valence-corrected chi connectivity index (χ0v) is 16.3. The molecule has 1 aliphatic heterocycles. The van der Waals surface area contributed by atoms with Gasteiger partial charge >= 0.3 is 0 Å². The summed E-state index contributed by atoms with van der Waals surface area (Å²) in [4.78, 5) is 6.04. The lowest BCUT2D eigenvalue weighted by molar-refractivity contribution is 0.167. The van der Waals surface area contributed by atoms with E-state index in [0.717, 1.165) is 49.6 Å². The molecule has 144 valence electrons. The highest BCUT2D eigenvalue weighted by Gasteiger charge is 2.20. The van der Waals surface area contributed by atoms with Gasteiger partial charge in [0.05, 0.1) is 24.6 Å². The van der Waals surface area contributed by atoms with E-state index in [0.29, 0.717) is 6.42 Å². The zero-order chi connectivity index (χ0) is 19.0. The normalized spacial score (nSPS) is 16.3. The van der Waals surface area contributed by atoms with E-state index in [1.54, 1.807) is 7.11 Å². The number of methoxy groups -OCH3 is 1. The second-order valence-electron chi connectivity index (χ2n) is 7.41. The van der Waals surface area contributed by atoms with Crippen LogP contribution in [0.2, 0.25) is 0 Å². The highest BCUT2D eigenvalue weighted by atomic mass is 16.5. The monoisotopic (exact) mass is 368 g/mol. The number of aliphatic hydroxyl groups excluding tert-OH is 1. The molecular weight excluding hydrogens is 340 g/mol. The molecule has 3 aromatic rings. The van der Waals surface area contributed by atoms with Gasteiger partial charge < -0.3 is 14.8 Å². The molecule has 0 radical (unpaired) electrons. The molecule has 0 saturated heterocycles. The molecule has 6 heteroatoms. The van der Waals surface area contributed by atoms with Crippen molar-refractivity contribution in [3.63, 3.8) is 0 Å². The van der Waals surface area contributed by atoms with Crippen LogP contribution in [0, 0.1) is 6.92 Å². The van der Waals surface area contributed by atoms with E-state index < -0.39 is 6.10 Å². The summed E-state index contributed by atoms with van der Waals surface area (Å²) >= 11 is 0. The summed E-state index contributed by atoms with van der Waals surface area (Å²) in [5.41, 5.74) is 5.66. The number of aliphatic hydroxyl groups is 1. The number of hydrogen-bond donors (Lipinski definition) is 2. The van der Waals surface area contributed by atoms with Gasteiger partial charge in [0, 0.05) is 42.8 Å². The van der Waals surface area contributed by atoms with Gasteiger partial charge in [0.25, 0.3) is 0 Å². The van der Waals surface area contributed by atoms with Gasteiger partial charge in [-0.2, -0.15) is 5.10 Å². The summed E-state index contributed by atoms with van der Waals surface area (Å²) in [7, 11) is 1.70. The minimum absolute atomic E-state index is 0.469. The molecule has 1 aliphatic rings. The molecule has 0 bridgehead atoms. The Kier molecular flexibility index (Phi) is 4.93. The van der Waals surface area contributed by atoms with Crippen LogP contribution in [0.25, 0.3) is 10.9 Å². The largest absolute Gasteiger partial charge is 0.497 e. The van der Waals surface area contributed by atoms with Gasteiger partial charge in [-0.3, -0.25) is 9.58 Å². The topological polar surface area (TPSA) is 66.3 Å². The highest BCUT2D eigenvalue weighted by Crippen LogP contribution is 2.28. The molecule has 1 unspecified atom stereocenters. The third kappa shape index (κ3) is 3.47. The van der Waals surface area contributed by atoms with E-state index in [1.165, 1.54) is 22.3 Å². The summed E-state index contributed by atoms with van der Waals surface area (Å²) < 4.78 is 7.44. The summed E-state index contributed by atoms with van der Waals surface area (Å²) in [6, 6.07) is 8.24. The Morgan fingerprint density at radius 3 is 2.93 bits per heavy atom. The van der Waals surface area contributed by atoms with Crippen molar-refractivity contribution in [3.05, 3.63) is 46.9 Å². The SMILES string of the molecule is CCC(O)c1cc2n(n1)CCCN(Cc1[nH]c3ccc(OC)cc3c1C)C2. The molecule has 0 amide bonds. The van der Waals surface area contributed by atoms with E-state index in [9.17, 15) is 5.11 Å². The number of ether oxygens (including phenoxy) is 1. The number of aromatic amines is 1. The molecule has 0 saturated carbocycles. The van der Waals surface area contributed by atoms with Crippen molar-refractivity contribution in [2.75, 3.05) is 13.7 Å². The van der Waals surface area contributed by atoms with E-state index in [-0.39, 0.29) is 0 Å². The number of fused-ring (bicyclic) bond motifs is 2. The summed E-state index contributed by atoms with van der Waals surface area (Å²) in [5.74, 6) is 0.886. The van der Waals surface area contributed by atoms with Crippen LogP contribution < -0.4 is 4.74 Å². The van der Waals surface area contributed by atoms with Crippen molar-refractivity contribution in [3.8, 4) is 5.75 Å². The molecule has 27 heavy (non-hydrogen) atoms. The van der Waals surface area contributed by atoms with Crippen LogP contribution in [0.1, 0.15) is 48.5 Å². The average Bonchev–Trinajstić information content (AvgIpc) is 3.15. The van der Waals surface area contributed by atoms with Crippen molar-refractivity contribution in [2.24, 2.45) is 0 Å². The Morgan fingerprint density at radius 1 is 1.30 bits per heavy atom. The Morgan fingerprint density at radius 2 is 2.15 bits per heavy atom. The standard InChI is InChI=1S/C21H28N4O2/c1-4-21(26)19-10-15-12-24(8-5-9-25(15)23-19)13-20-14(2)17-11-16(27-3)6-7-18(17)22-20/h6-7,10-11,21-22,26H,4-5,8-9,12-13H2,1-3H3. The van der Waals surface area contributed by atoms with E-state index in [2.05, 4.69) is 44.8 Å². The molecule has 1 atom stereocenters. The Labute approximate surface area is 159 Å². The average molecular weight is 368 g/mol. The minimum atomic E-state index is -0.469. The number of hydrogen-bond acceptors (Lipinski definition) is 4. The lowest BCUT2D eigenvalue weighted by Crippen LogP contribution is -2.23. The van der Waals surface area contributed by atoms with Gasteiger partial charge in [-0.15, -0.1) is 0 Å². The van der Waals surface area contributed by atoms with Gasteiger partial charge in [0.2, 0.25) is 0 Å². The zero-order valence-electron chi connectivity index (χ0n) is 16.3. The predicted molar refractivity (Wildman–Crippen MR) is 106 cm³/mol. The van der Waals surface area contributed by atoms with Gasteiger partial charge in [-0.1, -0.05) is 6.92 Å².